The molecule has 7 aliphatic heterocycles. The van der Waals surface area contributed by atoms with Crippen LogP contribution < -0.4 is 15.1 Å². The number of hydrogen-bond donors (Lipinski definition) is 1. The molecule has 4 fully saturated rings. The number of carbonyl (C=O) groups is 6. The number of aromatic nitrogens is 3. The van der Waals surface area contributed by atoms with Crippen molar-refractivity contribution in [2.75, 3.05) is 75.4 Å². The van der Waals surface area contributed by atoms with Crippen LogP contribution in [0.25, 0.3) is 11.1 Å². The molecule has 6 amide bonds. The fraction of sp³-hybridized carbons (Fsp3) is 0.490. The minimum atomic E-state index is -2.77. The summed E-state index contributed by atoms with van der Waals surface area (Å²) < 4.78 is 38.0. The zero-order valence-electron chi connectivity index (χ0n) is 39.2. The highest BCUT2D eigenvalue weighted by Gasteiger charge is 2.45. The molecule has 366 valence electrons. The Kier molecular flexibility index (Phi) is 12.2. The topological polar surface area (TPSA) is 174 Å². The monoisotopic (exact) mass is 958 g/mol. The summed E-state index contributed by atoms with van der Waals surface area (Å²) >= 11 is 0. The third kappa shape index (κ3) is 8.29. The number of fused-ring (bicyclic) bond motifs is 3. The minimum absolute atomic E-state index is 0.00548. The van der Waals surface area contributed by atoms with Crippen molar-refractivity contribution in [3.63, 3.8) is 0 Å². The second-order valence-electron chi connectivity index (χ2n) is 19.5. The molecule has 4 aromatic rings. The molecule has 4 saturated heterocycles. The van der Waals surface area contributed by atoms with Crippen LogP contribution in [0.15, 0.2) is 48.7 Å². The van der Waals surface area contributed by atoms with Crippen molar-refractivity contribution in [1.82, 2.24) is 39.7 Å². The number of carbonyl (C=O) groups excluding carboxylic acids is 6. The summed E-state index contributed by atoms with van der Waals surface area (Å²) in [6.45, 7) is 8.60. The van der Waals surface area contributed by atoms with Gasteiger partial charge in [-0.05, 0) is 92.5 Å². The van der Waals surface area contributed by atoms with Crippen LogP contribution in [-0.4, -0.2) is 147 Å². The molecule has 1 unspecified atom stereocenters. The van der Waals surface area contributed by atoms with E-state index in [4.69, 9.17) is 9.84 Å². The van der Waals surface area contributed by atoms with Gasteiger partial charge in [0.2, 0.25) is 17.7 Å². The van der Waals surface area contributed by atoms with Gasteiger partial charge in [-0.15, -0.1) is 0 Å². The molecular weight excluding hydrogens is 903 g/mol. The standard InChI is InChI=1S/C51H56F2N10O7/c1-30(64)60-18-12-42-40(29-60)47(56-63(42)34-13-23-70-24-14-34)61-15-2-3-31-25-37(38(46(52)53)27-44(31)61)32-4-7-41(54-28-32)51(69)59-16-10-33(11-17-59)57-19-21-58(22-20-57)35-5-6-36-39(26-35)50(68)62(49(36)67)43-8-9-45(65)55-48(43)66/h4-7,25-28,33-34,43,46H,2-3,8-24,29H2,1H3,(H,55,65,66). The highest BCUT2D eigenvalue weighted by molar-refractivity contribution is 6.23. The average Bonchev–Trinajstić information content (AvgIpc) is 3.88. The molecular formula is C51H56F2N10O7. The maximum absolute atomic E-state index is 15.1. The van der Waals surface area contributed by atoms with Gasteiger partial charge >= 0.3 is 0 Å². The van der Waals surface area contributed by atoms with Gasteiger partial charge in [-0.2, -0.15) is 5.10 Å². The molecule has 0 spiro atoms. The molecule has 1 N–H and O–H groups in total. The fourth-order valence-corrected chi connectivity index (χ4v) is 11.7. The number of piperazine rings is 1. The number of anilines is 3. The van der Waals surface area contributed by atoms with Gasteiger partial charge in [-0.25, -0.2) is 8.78 Å². The Labute approximate surface area is 403 Å². The van der Waals surface area contributed by atoms with E-state index in [0.717, 1.165) is 78.4 Å². The van der Waals surface area contributed by atoms with E-state index in [1.165, 1.54) is 6.20 Å². The third-order valence-electron chi connectivity index (χ3n) is 15.6. The van der Waals surface area contributed by atoms with E-state index in [1.54, 1.807) is 37.3 Å². The summed E-state index contributed by atoms with van der Waals surface area (Å²) in [6, 6.07) is 11.4. The maximum atomic E-state index is 15.1. The predicted molar refractivity (Wildman–Crippen MR) is 252 cm³/mol. The van der Waals surface area contributed by atoms with E-state index in [-0.39, 0.29) is 59.1 Å². The van der Waals surface area contributed by atoms with E-state index < -0.39 is 36.1 Å². The van der Waals surface area contributed by atoms with Crippen LogP contribution in [0.4, 0.5) is 26.0 Å². The predicted octanol–water partition coefficient (Wildman–Crippen LogP) is 5.05. The number of benzene rings is 2. The first-order valence-corrected chi connectivity index (χ1v) is 24.7. The molecule has 2 aromatic heterocycles. The van der Waals surface area contributed by atoms with Crippen LogP contribution in [0.3, 0.4) is 0 Å². The number of pyridine rings is 1. The third-order valence-corrected chi connectivity index (χ3v) is 15.6. The van der Waals surface area contributed by atoms with Gasteiger partial charge < -0.3 is 24.3 Å². The Morgan fingerprint density at radius 2 is 1.54 bits per heavy atom. The Bertz CT molecular complexity index is 2780. The lowest BCUT2D eigenvalue weighted by Crippen LogP contribution is -2.54. The SMILES string of the molecule is CC(=O)N1CCc2c(c(N3CCCc4cc(-c5ccc(C(=O)N6CCC(N7CCN(c8ccc9c(c8)C(=O)N(C8CCC(=O)NC8=O)C9=O)CC7)CC6)nc5)c(C(F)F)cc43)nn2C2CCOCC2)C1. The van der Waals surface area contributed by atoms with Crippen LogP contribution >= 0.6 is 0 Å². The largest absolute Gasteiger partial charge is 0.381 e. The number of likely N-dealkylation sites (tertiary alicyclic amines) is 1. The van der Waals surface area contributed by atoms with E-state index in [1.807, 2.05) is 21.9 Å². The van der Waals surface area contributed by atoms with Gasteiger partial charge in [0, 0.05) is 131 Å². The van der Waals surface area contributed by atoms with Crippen molar-refractivity contribution >= 4 is 52.6 Å². The number of alkyl halides is 2. The van der Waals surface area contributed by atoms with Crippen LogP contribution in [-0.2, 0) is 38.5 Å². The van der Waals surface area contributed by atoms with Gasteiger partial charge in [0.25, 0.3) is 24.1 Å². The van der Waals surface area contributed by atoms with Crippen molar-refractivity contribution < 1.29 is 42.3 Å². The Hall–Kier alpha value is -6.60. The molecule has 1 atom stereocenters. The first-order valence-electron chi connectivity index (χ1n) is 24.7. The summed E-state index contributed by atoms with van der Waals surface area (Å²) in [7, 11) is 0. The fourth-order valence-electron chi connectivity index (χ4n) is 11.7. The molecule has 2 aromatic carbocycles. The van der Waals surface area contributed by atoms with Gasteiger partial charge in [0.1, 0.15) is 11.7 Å². The number of rotatable bonds is 8. The number of imide groups is 2. The van der Waals surface area contributed by atoms with Crippen LogP contribution in [0.5, 0.6) is 0 Å². The lowest BCUT2D eigenvalue weighted by Gasteiger charge is -2.43. The number of ether oxygens (including phenoxy) is 1. The number of nitrogens with zero attached hydrogens (tertiary/aromatic N) is 9. The molecule has 9 heterocycles. The molecule has 70 heavy (non-hydrogen) atoms. The molecule has 11 rings (SSSR count). The van der Waals surface area contributed by atoms with Crippen molar-refractivity contribution in [3.05, 3.63) is 87.9 Å². The highest BCUT2D eigenvalue weighted by Crippen LogP contribution is 2.44. The molecule has 7 aliphatic rings. The normalized spacial score (nSPS) is 21.6. The van der Waals surface area contributed by atoms with Crippen molar-refractivity contribution in [2.45, 2.75) is 95.8 Å². The Morgan fingerprint density at radius 1 is 0.771 bits per heavy atom. The maximum Gasteiger partial charge on any atom is 0.272 e. The number of halogens is 2. The number of piperidine rings is 2. The minimum Gasteiger partial charge on any atom is -0.381 e. The van der Waals surface area contributed by atoms with Gasteiger partial charge in [-0.3, -0.25) is 53.5 Å². The van der Waals surface area contributed by atoms with Crippen molar-refractivity contribution in [1.29, 1.82) is 0 Å². The first-order chi connectivity index (χ1) is 33.9. The first kappa shape index (κ1) is 45.8. The summed E-state index contributed by atoms with van der Waals surface area (Å²) in [5, 5.41) is 7.43. The summed E-state index contributed by atoms with van der Waals surface area (Å²) in [4.78, 5) is 93.0. The van der Waals surface area contributed by atoms with Crippen LogP contribution in [0.1, 0.15) is 118 Å². The van der Waals surface area contributed by atoms with E-state index in [9.17, 15) is 28.8 Å². The second kappa shape index (κ2) is 18.6. The molecule has 0 aliphatic carbocycles. The Morgan fingerprint density at radius 3 is 2.26 bits per heavy atom. The number of nitrogens with one attached hydrogen (secondary N) is 1. The lowest BCUT2D eigenvalue weighted by atomic mass is 9.92. The zero-order valence-corrected chi connectivity index (χ0v) is 39.2. The van der Waals surface area contributed by atoms with Crippen molar-refractivity contribution in [3.8, 4) is 11.1 Å². The van der Waals surface area contributed by atoms with E-state index >= 15 is 8.78 Å². The van der Waals surface area contributed by atoms with Crippen molar-refractivity contribution in [2.24, 2.45) is 0 Å². The lowest BCUT2D eigenvalue weighted by molar-refractivity contribution is -0.136. The van der Waals surface area contributed by atoms with Crippen LogP contribution in [0.2, 0.25) is 0 Å². The summed E-state index contributed by atoms with van der Waals surface area (Å²) in [6.07, 6.45) is 4.35. The van der Waals surface area contributed by atoms with E-state index in [2.05, 4.69) is 29.7 Å². The van der Waals surface area contributed by atoms with Gasteiger partial charge in [0.05, 0.1) is 23.7 Å². The number of hydrogen-bond acceptors (Lipinski definition) is 12. The average molecular weight is 959 g/mol. The smallest absolute Gasteiger partial charge is 0.272 e. The molecule has 0 bridgehead atoms. The highest BCUT2D eigenvalue weighted by atomic mass is 19.3. The van der Waals surface area contributed by atoms with Crippen LogP contribution in [0, 0.1) is 0 Å². The molecule has 0 saturated carbocycles. The van der Waals surface area contributed by atoms with Gasteiger partial charge in [-0.1, -0.05) is 6.07 Å². The number of aryl methyl sites for hydroxylation is 1. The molecule has 19 heteroatoms. The second-order valence-corrected chi connectivity index (χ2v) is 19.5. The number of amides is 6. The van der Waals surface area contributed by atoms with E-state index in [0.29, 0.717) is 88.7 Å². The summed E-state index contributed by atoms with van der Waals surface area (Å²) in [5.74, 6) is -1.58. The van der Waals surface area contributed by atoms with Gasteiger partial charge in [0.15, 0.2) is 5.82 Å². The Balaban J connectivity index is 0.730. The zero-order chi connectivity index (χ0) is 48.4. The molecule has 0 radical (unpaired) electrons. The quantitative estimate of drug-likeness (QED) is 0.233. The molecule has 17 nitrogen and oxygen atoms in total. The summed E-state index contributed by atoms with van der Waals surface area (Å²) in [5.41, 5.74) is 6.09.